The van der Waals surface area contributed by atoms with Crippen molar-refractivity contribution in [3.8, 4) is 0 Å². The number of urea groups is 1. The van der Waals surface area contributed by atoms with E-state index >= 15 is 0 Å². The maximum absolute atomic E-state index is 12.7. The molecule has 1 aromatic carbocycles. The second-order valence-electron chi connectivity index (χ2n) is 6.21. The lowest BCUT2D eigenvalue weighted by Crippen LogP contribution is -2.58. The van der Waals surface area contributed by atoms with E-state index in [1.165, 1.54) is 30.3 Å². The van der Waals surface area contributed by atoms with Gasteiger partial charge in [-0.05, 0) is 36.6 Å². The van der Waals surface area contributed by atoms with Crippen molar-refractivity contribution >= 4 is 29.9 Å². The number of benzene rings is 1. The van der Waals surface area contributed by atoms with E-state index in [0.29, 0.717) is 5.56 Å². The third kappa shape index (κ3) is 3.45. The van der Waals surface area contributed by atoms with E-state index < -0.39 is 23.8 Å². The quantitative estimate of drug-likeness (QED) is 0.647. The first kappa shape index (κ1) is 16.9. The van der Waals surface area contributed by atoms with E-state index in [9.17, 15) is 19.2 Å². The SMILES string of the molecule is O=C1NC(=O)N(C2CCCCC2)C(=O)/C1=C\c1ccc(C(=O)O)cc1. The number of rotatable bonds is 3. The van der Waals surface area contributed by atoms with Crippen molar-refractivity contribution < 1.29 is 24.3 Å². The topological polar surface area (TPSA) is 104 Å². The summed E-state index contributed by atoms with van der Waals surface area (Å²) in [7, 11) is 0. The number of hydrogen-bond acceptors (Lipinski definition) is 4. The number of imide groups is 2. The Kier molecular flexibility index (Phi) is 4.65. The molecule has 7 nitrogen and oxygen atoms in total. The van der Waals surface area contributed by atoms with Crippen LogP contribution in [0.25, 0.3) is 6.08 Å². The molecule has 0 unspecified atom stereocenters. The van der Waals surface area contributed by atoms with Crippen LogP contribution >= 0.6 is 0 Å². The Balaban J connectivity index is 1.88. The summed E-state index contributed by atoms with van der Waals surface area (Å²) in [4.78, 5) is 48.9. The fraction of sp³-hybridized carbons (Fsp3) is 0.333. The Hall–Kier alpha value is -2.96. The van der Waals surface area contributed by atoms with Gasteiger partial charge >= 0.3 is 12.0 Å². The number of carboxylic acid groups (broad SMARTS) is 1. The van der Waals surface area contributed by atoms with Gasteiger partial charge in [0.1, 0.15) is 5.57 Å². The van der Waals surface area contributed by atoms with Crippen LogP contribution in [-0.2, 0) is 9.59 Å². The number of amides is 4. The lowest BCUT2D eigenvalue weighted by molar-refractivity contribution is -0.132. The summed E-state index contributed by atoms with van der Waals surface area (Å²) >= 11 is 0. The second kappa shape index (κ2) is 6.88. The number of nitrogens with zero attached hydrogens (tertiary/aromatic N) is 1. The predicted molar refractivity (Wildman–Crippen MR) is 88.6 cm³/mol. The van der Waals surface area contributed by atoms with Crippen molar-refractivity contribution in [1.82, 2.24) is 10.2 Å². The molecule has 1 aliphatic carbocycles. The first-order valence-electron chi connectivity index (χ1n) is 8.21. The number of hydrogen-bond donors (Lipinski definition) is 2. The van der Waals surface area contributed by atoms with Gasteiger partial charge in [-0.15, -0.1) is 0 Å². The van der Waals surface area contributed by atoms with Gasteiger partial charge in [0, 0.05) is 6.04 Å². The molecule has 1 saturated carbocycles. The average Bonchev–Trinajstić information content (AvgIpc) is 2.60. The predicted octanol–water partition coefficient (Wildman–Crippen LogP) is 2.18. The normalized spacial score (nSPS) is 20.7. The summed E-state index contributed by atoms with van der Waals surface area (Å²) in [6, 6.07) is 4.96. The minimum absolute atomic E-state index is 0.112. The van der Waals surface area contributed by atoms with Crippen molar-refractivity contribution in [2.24, 2.45) is 0 Å². The highest BCUT2D eigenvalue weighted by Gasteiger charge is 2.40. The number of nitrogens with one attached hydrogen (secondary N) is 1. The van der Waals surface area contributed by atoms with Crippen LogP contribution in [0.3, 0.4) is 0 Å². The van der Waals surface area contributed by atoms with Crippen LogP contribution in [0.4, 0.5) is 4.79 Å². The third-order valence-electron chi connectivity index (χ3n) is 4.54. The van der Waals surface area contributed by atoms with E-state index in [1.54, 1.807) is 0 Å². The van der Waals surface area contributed by atoms with Crippen LogP contribution in [0.5, 0.6) is 0 Å². The number of barbiturate groups is 1. The number of carbonyl (C=O) groups is 4. The van der Waals surface area contributed by atoms with Gasteiger partial charge in [0.15, 0.2) is 0 Å². The maximum Gasteiger partial charge on any atom is 0.335 e. The molecule has 2 N–H and O–H groups in total. The average molecular weight is 342 g/mol. The Morgan fingerprint density at radius 1 is 1.08 bits per heavy atom. The summed E-state index contributed by atoms with van der Waals surface area (Å²) in [5.74, 6) is -2.38. The fourth-order valence-electron chi connectivity index (χ4n) is 3.23. The Morgan fingerprint density at radius 3 is 2.32 bits per heavy atom. The van der Waals surface area contributed by atoms with E-state index in [0.717, 1.165) is 37.0 Å². The minimum Gasteiger partial charge on any atom is -0.478 e. The minimum atomic E-state index is -1.06. The van der Waals surface area contributed by atoms with Gasteiger partial charge in [0.05, 0.1) is 5.56 Å². The monoisotopic (exact) mass is 342 g/mol. The van der Waals surface area contributed by atoms with Gasteiger partial charge in [-0.3, -0.25) is 19.8 Å². The summed E-state index contributed by atoms with van der Waals surface area (Å²) in [6.07, 6.45) is 5.85. The van der Waals surface area contributed by atoms with Crippen molar-refractivity contribution in [3.05, 3.63) is 41.0 Å². The van der Waals surface area contributed by atoms with Crippen molar-refractivity contribution in [1.29, 1.82) is 0 Å². The molecule has 1 heterocycles. The molecule has 0 bridgehead atoms. The zero-order chi connectivity index (χ0) is 18.0. The van der Waals surface area contributed by atoms with Crippen molar-refractivity contribution in [3.63, 3.8) is 0 Å². The molecule has 0 radical (unpaired) electrons. The lowest BCUT2D eigenvalue weighted by Gasteiger charge is -2.35. The van der Waals surface area contributed by atoms with Gasteiger partial charge in [-0.25, -0.2) is 9.59 Å². The van der Waals surface area contributed by atoms with Crippen LogP contribution < -0.4 is 5.32 Å². The van der Waals surface area contributed by atoms with Crippen LogP contribution in [0.1, 0.15) is 48.0 Å². The van der Waals surface area contributed by atoms with Crippen LogP contribution in [0.15, 0.2) is 29.8 Å². The molecule has 25 heavy (non-hydrogen) atoms. The molecule has 1 aliphatic heterocycles. The molecule has 0 spiro atoms. The van der Waals surface area contributed by atoms with Gasteiger partial charge < -0.3 is 5.11 Å². The molecule has 0 atom stereocenters. The molecule has 3 rings (SSSR count). The zero-order valence-corrected chi connectivity index (χ0v) is 13.5. The molecule has 0 aromatic heterocycles. The largest absolute Gasteiger partial charge is 0.478 e. The van der Waals surface area contributed by atoms with Crippen molar-refractivity contribution in [2.75, 3.05) is 0 Å². The van der Waals surface area contributed by atoms with Crippen LogP contribution in [-0.4, -0.2) is 39.9 Å². The number of carbonyl (C=O) groups excluding carboxylic acids is 3. The fourth-order valence-corrected chi connectivity index (χ4v) is 3.23. The molecule has 1 saturated heterocycles. The van der Waals surface area contributed by atoms with E-state index in [1.807, 2.05) is 0 Å². The first-order valence-corrected chi connectivity index (χ1v) is 8.21. The Labute approximate surface area is 144 Å². The molecule has 7 heteroatoms. The smallest absolute Gasteiger partial charge is 0.335 e. The zero-order valence-electron chi connectivity index (χ0n) is 13.5. The van der Waals surface area contributed by atoms with E-state index in [4.69, 9.17) is 5.11 Å². The van der Waals surface area contributed by atoms with E-state index in [2.05, 4.69) is 5.32 Å². The lowest BCUT2D eigenvalue weighted by atomic mass is 9.93. The van der Waals surface area contributed by atoms with E-state index in [-0.39, 0.29) is 17.2 Å². The summed E-state index contributed by atoms with van der Waals surface area (Å²) in [6.45, 7) is 0. The standard InChI is InChI=1S/C18H18N2O5/c21-15-14(10-11-6-8-12(9-7-11)17(23)24)16(22)20(18(25)19-15)13-4-2-1-3-5-13/h6-10,13H,1-5H2,(H,23,24)(H,19,21,25)/b14-10-. The molecular weight excluding hydrogens is 324 g/mol. The molecule has 130 valence electrons. The molecule has 4 amide bonds. The summed E-state index contributed by atoms with van der Waals surface area (Å²) < 4.78 is 0. The highest BCUT2D eigenvalue weighted by atomic mass is 16.4. The first-order chi connectivity index (χ1) is 12.0. The van der Waals surface area contributed by atoms with Crippen molar-refractivity contribution in [2.45, 2.75) is 38.1 Å². The van der Waals surface area contributed by atoms with Crippen LogP contribution in [0, 0.1) is 0 Å². The van der Waals surface area contributed by atoms with Crippen LogP contribution in [0.2, 0.25) is 0 Å². The Bertz CT molecular complexity index is 760. The third-order valence-corrected chi connectivity index (χ3v) is 4.54. The maximum atomic E-state index is 12.7. The van der Waals surface area contributed by atoms with Gasteiger partial charge in [-0.2, -0.15) is 0 Å². The van der Waals surface area contributed by atoms with Gasteiger partial charge in [-0.1, -0.05) is 31.4 Å². The second-order valence-corrected chi connectivity index (χ2v) is 6.21. The van der Waals surface area contributed by atoms with Gasteiger partial charge in [0.2, 0.25) is 0 Å². The van der Waals surface area contributed by atoms with Gasteiger partial charge in [0.25, 0.3) is 11.8 Å². The number of carboxylic acids is 1. The summed E-state index contributed by atoms with van der Waals surface area (Å²) in [5.41, 5.74) is 0.510. The highest BCUT2D eigenvalue weighted by Crippen LogP contribution is 2.26. The number of aromatic carboxylic acids is 1. The molecular formula is C18H18N2O5. The molecule has 1 aromatic rings. The Morgan fingerprint density at radius 2 is 1.72 bits per heavy atom. The molecule has 2 fully saturated rings. The summed E-state index contributed by atoms with van der Waals surface area (Å²) in [5, 5.41) is 11.1. The highest BCUT2D eigenvalue weighted by molar-refractivity contribution is 6.31. The molecule has 2 aliphatic rings.